The zero-order valence-corrected chi connectivity index (χ0v) is 17.3. The minimum Gasteiger partial charge on any atom is -0.481 e. The number of rotatable bonds is 5. The molecule has 1 heterocycles. The lowest BCUT2D eigenvalue weighted by Crippen LogP contribution is -2.40. The lowest BCUT2D eigenvalue weighted by atomic mass is 9.96. The van der Waals surface area contributed by atoms with Gasteiger partial charge in [0.15, 0.2) is 0 Å². The summed E-state index contributed by atoms with van der Waals surface area (Å²) in [7, 11) is 0. The molecule has 2 amide bonds. The van der Waals surface area contributed by atoms with Gasteiger partial charge in [-0.2, -0.15) is 13.2 Å². The number of nitrogens with one attached hydrogen (secondary N) is 1. The van der Waals surface area contributed by atoms with Crippen LogP contribution in [0.15, 0.2) is 48.5 Å². The van der Waals surface area contributed by atoms with Gasteiger partial charge in [0.25, 0.3) is 0 Å². The van der Waals surface area contributed by atoms with E-state index in [0.29, 0.717) is 0 Å². The van der Waals surface area contributed by atoms with Gasteiger partial charge < -0.3 is 20.1 Å². The molecule has 1 aliphatic carbocycles. The normalized spacial score (nSPS) is 19.7. The lowest BCUT2D eigenvalue weighted by Gasteiger charge is -2.19. The Morgan fingerprint density at radius 2 is 1.58 bits per heavy atom. The van der Waals surface area contributed by atoms with E-state index in [9.17, 15) is 27.6 Å². The van der Waals surface area contributed by atoms with Gasteiger partial charge in [-0.05, 0) is 22.3 Å². The van der Waals surface area contributed by atoms with Gasteiger partial charge in [0, 0.05) is 19.0 Å². The van der Waals surface area contributed by atoms with Gasteiger partial charge in [0.1, 0.15) is 13.2 Å². The number of amides is 2. The summed E-state index contributed by atoms with van der Waals surface area (Å²) in [5.74, 6) is -6.48. The number of benzene rings is 2. The van der Waals surface area contributed by atoms with Crippen LogP contribution < -0.4 is 5.32 Å². The van der Waals surface area contributed by atoms with Crippen molar-refractivity contribution in [3.05, 3.63) is 59.7 Å². The SMILES string of the molecule is O=C(NCC(=O)N1C[C@@H](C(F)(F)F)[C@H](C(=O)O)C1)OCC1c2ccccc2-c2ccccc21. The van der Waals surface area contributed by atoms with Gasteiger partial charge in [-0.1, -0.05) is 48.5 Å². The third-order valence-electron chi connectivity index (χ3n) is 6.14. The van der Waals surface area contributed by atoms with Gasteiger partial charge >= 0.3 is 18.2 Å². The molecule has 2 N–H and O–H groups in total. The molecule has 2 aromatic rings. The first kappa shape index (κ1) is 22.6. The second-order valence-electron chi connectivity index (χ2n) is 8.07. The number of carbonyl (C=O) groups is 3. The summed E-state index contributed by atoms with van der Waals surface area (Å²) < 4.78 is 44.6. The predicted octanol–water partition coefficient (Wildman–Crippen LogP) is 3.25. The Kier molecular flexibility index (Phi) is 6.01. The third kappa shape index (κ3) is 4.50. The van der Waals surface area contributed by atoms with Crippen LogP contribution in [0.3, 0.4) is 0 Å². The molecule has 1 aliphatic heterocycles. The molecule has 10 heteroatoms. The maximum atomic E-state index is 13.1. The highest BCUT2D eigenvalue weighted by Crippen LogP contribution is 2.44. The number of nitrogens with zero attached hydrogens (tertiary/aromatic N) is 1. The van der Waals surface area contributed by atoms with Crippen molar-refractivity contribution in [2.24, 2.45) is 11.8 Å². The van der Waals surface area contributed by atoms with Crippen LogP contribution in [0.2, 0.25) is 0 Å². The van der Waals surface area contributed by atoms with E-state index in [1.807, 2.05) is 48.5 Å². The molecular formula is C23H21F3N2O5. The van der Waals surface area contributed by atoms with Crippen LogP contribution in [-0.2, 0) is 14.3 Å². The van der Waals surface area contributed by atoms with Crippen molar-refractivity contribution in [3.8, 4) is 11.1 Å². The molecular weight excluding hydrogens is 441 g/mol. The summed E-state index contributed by atoms with van der Waals surface area (Å²) in [6.07, 6.45) is -5.62. The van der Waals surface area contributed by atoms with E-state index < -0.39 is 55.6 Å². The fraction of sp³-hybridized carbons (Fsp3) is 0.348. The Morgan fingerprint density at radius 1 is 1.00 bits per heavy atom. The second-order valence-corrected chi connectivity index (χ2v) is 8.07. The molecule has 0 radical (unpaired) electrons. The average molecular weight is 462 g/mol. The standard InChI is InChI=1S/C23H21F3N2O5/c24-23(25,26)19-11-28(10-17(19)21(30)31)20(29)9-27-22(32)33-12-18-15-7-3-1-5-13(15)14-6-2-4-8-16(14)18/h1-8,17-19H,9-12H2,(H,27,32)(H,30,31)/t17-,19-/m1/s1. The molecule has 33 heavy (non-hydrogen) atoms. The number of aliphatic carboxylic acids is 1. The van der Waals surface area contributed by atoms with Gasteiger partial charge in [-0.3, -0.25) is 9.59 Å². The summed E-state index contributed by atoms with van der Waals surface area (Å²) in [5, 5.41) is 11.3. The number of carbonyl (C=O) groups excluding carboxylic acids is 2. The van der Waals surface area contributed by atoms with Gasteiger partial charge in [-0.15, -0.1) is 0 Å². The molecule has 2 atom stereocenters. The molecule has 0 saturated carbocycles. The van der Waals surface area contributed by atoms with Crippen LogP contribution in [0.4, 0.5) is 18.0 Å². The highest BCUT2D eigenvalue weighted by Gasteiger charge is 2.53. The molecule has 174 valence electrons. The van der Waals surface area contributed by atoms with Crippen molar-refractivity contribution < 1.29 is 37.4 Å². The topological polar surface area (TPSA) is 95.9 Å². The molecule has 7 nitrogen and oxygen atoms in total. The van der Waals surface area contributed by atoms with Crippen LogP contribution in [0, 0.1) is 11.8 Å². The molecule has 2 aliphatic rings. The number of alkyl halides is 3. The van der Waals surface area contributed by atoms with Crippen molar-refractivity contribution in [1.82, 2.24) is 10.2 Å². The number of ether oxygens (including phenoxy) is 1. The number of alkyl carbamates (subject to hydrolysis) is 1. The summed E-state index contributed by atoms with van der Waals surface area (Å²) in [6, 6.07) is 15.5. The molecule has 1 fully saturated rings. The largest absolute Gasteiger partial charge is 0.481 e. The molecule has 4 rings (SSSR count). The molecule has 1 saturated heterocycles. The Labute approximate surface area is 187 Å². The Hall–Kier alpha value is -3.56. The van der Waals surface area contributed by atoms with Crippen LogP contribution in [-0.4, -0.2) is 60.4 Å². The first-order chi connectivity index (χ1) is 15.7. The first-order valence-electron chi connectivity index (χ1n) is 10.3. The van der Waals surface area contributed by atoms with Crippen LogP contribution in [0.5, 0.6) is 0 Å². The Morgan fingerprint density at radius 3 is 2.09 bits per heavy atom. The summed E-state index contributed by atoms with van der Waals surface area (Å²) in [6.45, 7) is -1.89. The third-order valence-corrected chi connectivity index (χ3v) is 6.14. The first-order valence-corrected chi connectivity index (χ1v) is 10.3. The predicted molar refractivity (Wildman–Crippen MR) is 110 cm³/mol. The molecule has 0 aromatic heterocycles. The van der Waals surface area contributed by atoms with E-state index in [0.717, 1.165) is 27.2 Å². The highest BCUT2D eigenvalue weighted by atomic mass is 19.4. The minimum atomic E-state index is -4.74. The van der Waals surface area contributed by atoms with Crippen molar-refractivity contribution >= 4 is 18.0 Å². The number of halogens is 3. The van der Waals surface area contributed by atoms with Crippen molar-refractivity contribution in [3.63, 3.8) is 0 Å². The molecule has 0 unspecified atom stereocenters. The zero-order chi connectivity index (χ0) is 23.8. The van der Waals surface area contributed by atoms with Gasteiger partial charge in [0.2, 0.25) is 5.91 Å². The monoisotopic (exact) mass is 462 g/mol. The maximum Gasteiger partial charge on any atom is 0.407 e. The number of carboxylic acids is 1. The minimum absolute atomic E-state index is 0.0228. The van der Waals surface area contributed by atoms with E-state index in [-0.39, 0.29) is 12.5 Å². The highest BCUT2D eigenvalue weighted by molar-refractivity contribution is 5.84. The summed E-state index contributed by atoms with van der Waals surface area (Å²) in [4.78, 5) is 36.4. The number of hydrogen-bond donors (Lipinski definition) is 2. The average Bonchev–Trinajstić information content (AvgIpc) is 3.37. The van der Waals surface area contributed by atoms with E-state index in [4.69, 9.17) is 9.84 Å². The van der Waals surface area contributed by atoms with E-state index >= 15 is 0 Å². The molecule has 0 bridgehead atoms. The Bertz CT molecular complexity index is 1040. The van der Waals surface area contributed by atoms with Crippen LogP contribution in [0.1, 0.15) is 17.0 Å². The number of likely N-dealkylation sites (tertiary alicyclic amines) is 1. The second kappa shape index (κ2) is 8.76. The van der Waals surface area contributed by atoms with E-state index in [1.54, 1.807) is 0 Å². The van der Waals surface area contributed by atoms with Crippen molar-refractivity contribution in [2.75, 3.05) is 26.2 Å². The fourth-order valence-electron chi connectivity index (χ4n) is 4.50. The summed E-state index contributed by atoms with van der Waals surface area (Å²) >= 11 is 0. The van der Waals surface area contributed by atoms with E-state index in [2.05, 4.69) is 5.32 Å². The Balaban J connectivity index is 1.33. The van der Waals surface area contributed by atoms with E-state index in [1.165, 1.54) is 0 Å². The lowest BCUT2D eigenvalue weighted by molar-refractivity contribution is -0.188. The molecule has 2 aromatic carbocycles. The molecule has 0 spiro atoms. The van der Waals surface area contributed by atoms with Crippen LogP contribution in [0.25, 0.3) is 11.1 Å². The van der Waals surface area contributed by atoms with Crippen molar-refractivity contribution in [2.45, 2.75) is 12.1 Å². The zero-order valence-electron chi connectivity index (χ0n) is 17.3. The number of carboxylic acid groups (broad SMARTS) is 1. The summed E-state index contributed by atoms with van der Waals surface area (Å²) in [5.41, 5.74) is 4.13. The quantitative estimate of drug-likeness (QED) is 0.711. The maximum absolute atomic E-state index is 13.1. The fourth-order valence-corrected chi connectivity index (χ4v) is 4.50. The van der Waals surface area contributed by atoms with Crippen LogP contribution >= 0.6 is 0 Å². The van der Waals surface area contributed by atoms with Crippen molar-refractivity contribution in [1.29, 1.82) is 0 Å². The van der Waals surface area contributed by atoms with Gasteiger partial charge in [-0.25, -0.2) is 4.79 Å². The number of fused-ring (bicyclic) bond motifs is 3. The van der Waals surface area contributed by atoms with Gasteiger partial charge in [0.05, 0.1) is 11.8 Å². The smallest absolute Gasteiger partial charge is 0.407 e. The number of hydrogen-bond acceptors (Lipinski definition) is 4.